The molecule has 0 amide bonds. The van der Waals surface area contributed by atoms with Crippen LogP contribution in [0.1, 0.15) is 17.5 Å². The Morgan fingerprint density at radius 3 is 2.00 bits per heavy atom. The van der Waals surface area contributed by atoms with Crippen LogP contribution in [-0.4, -0.2) is 35.6 Å². The molecule has 6 heteroatoms. The van der Waals surface area contributed by atoms with Gasteiger partial charge in [0.2, 0.25) is 12.2 Å². The minimum atomic E-state index is 0.0938. The third kappa shape index (κ3) is 6.92. The second-order valence-electron chi connectivity index (χ2n) is 4.68. The molecule has 0 aliphatic heterocycles. The number of aliphatic hydroxyl groups is 2. The summed E-state index contributed by atoms with van der Waals surface area (Å²) in [6.07, 6.45) is 4.19. The van der Waals surface area contributed by atoms with Gasteiger partial charge in [-0.25, -0.2) is 9.59 Å². The van der Waals surface area contributed by atoms with Crippen molar-refractivity contribution in [2.75, 3.05) is 13.2 Å². The number of hydrogen-bond donors (Lipinski definition) is 2. The molecule has 0 saturated carbocycles. The SMILES string of the molecule is O=C=Nc1ccc(Cc2ccccc2N=C=O)cc1.OCCCO. The molecule has 0 spiro atoms. The maximum absolute atomic E-state index is 10.4. The number of para-hydroxylation sites is 1. The van der Waals surface area contributed by atoms with Crippen molar-refractivity contribution >= 4 is 23.5 Å². The van der Waals surface area contributed by atoms with Crippen molar-refractivity contribution in [2.24, 2.45) is 9.98 Å². The van der Waals surface area contributed by atoms with E-state index in [1.807, 2.05) is 30.3 Å². The van der Waals surface area contributed by atoms with Crippen LogP contribution in [0.25, 0.3) is 0 Å². The van der Waals surface area contributed by atoms with Crippen LogP contribution < -0.4 is 0 Å². The summed E-state index contributed by atoms with van der Waals surface area (Å²) in [5.41, 5.74) is 3.17. The fraction of sp³-hybridized carbons (Fsp3) is 0.222. The van der Waals surface area contributed by atoms with Crippen LogP contribution in [0.5, 0.6) is 0 Å². The van der Waals surface area contributed by atoms with Gasteiger partial charge in [0.1, 0.15) is 0 Å². The third-order valence-electron chi connectivity index (χ3n) is 2.98. The van der Waals surface area contributed by atoms with Crippen LogP contribution in [0, 0.1) is 0 Å². The van der Waals surface area contributed by atoms with Gasteiger partial charge in [-0.05, 0) is 42.2 Å². The second kappa shape index (κ2) is 11.7. The van der Waals surface area contributed by atoms with E-state index in [-0.39, 0.29) is 13.2 Å². The van der Waals surface area contributed by atoms with Crippen LogP contribution in [-0.2, 0) is 16.0 Å². The highest BCUT2D eigenvalue weighted by atomic mass is 16.3. The van der Waals surface area contributed by atoms with E-state index < -0.39 is 0 Å². The molecule has 0 bridgehead atoms. The lowest BCUT2D eigenvalue weighted by molar-refractivity contribution is 0.221. The topological polar surface area (TPSA) is 99.3 Å². The number of benzene rings is 2. The highest BCUT2D eigenvalue weighted by Gasteiger charge is 2.02. The molecule has 0 unspecified atom stereocenters. The Morgan fingerprint density at radius 2 is 1.46 bits per heavy atom. The lowest BCUT2D eigenvalue weighted by Crippen LogP contribution is -1.88. The van der Waals surface area contributed by atoms with Gasteiger partial charge >= 0.3 is 0 Å². The van der Waals surface area contributed by atoms with E-state index in [1.165, 1.54) is 6.08 Å². The molecule has 0 saturated heterocycles. The van der Waals surface area contributed by atoms with Crippen LogP contribution in [0.4, 0.5) is 11.4 Å². The van der Waals surface area contributed by atoms with Crippen molar-refractivity contribution in [3.63, 3.8) is 0 Å². The number of aliphatic hydroxyl groups excluding tert-OH is 2. The summed E-state index contributed by atoms with van der Waals surface area (Å²) >= 11 is 0. The molecule has 2 aromatic carbocycles. The van der Waals surface area contributed by atoms with Gasteiger partial charge in [-0.1, -0.05) is 30.3 Å². The summed E-state index contributed by atoms with van der Waals surface area (Å²) in [6.45, 7) is 0.188. The van der Waals surface area contributed by atoms with E-state index in [2.05, 4.69) is 9.98 Å². The van der Waals surface area contributed by atoms with Gasteiger partial charge in [-0.15, -0.1) is 0 Å². The smallest absolute Gasteiger partial charge is 0.240 e. The van der Waals surface area contributed by atoms with Crippen molar-refractivity contribution < 1.29 is 19.8 Å². The van der Waals surface area contributed by atoms with Gasteiger partial charge in [0.15, 0.2) is 0 Å². The van der Waals surface area contributed by atoms with Crippen molar-refractivity contribution in [3.05, 3.63) is 59.7 Å². The number of carbonyl (C=O) groups excluding carboxylic acids is 2. The molecule has 2 rings (SSSR count). The van der Waals surface area contributed by atoms with Crippen molar-refractivity contribution in [2.45, 2.75) is 12.8 Å². The molecule has 2 aromatic rings. The number of aliphatic imine (C=N–C) groups is 2. The Kier molecular flexibility index (Phi) is 9.31. The zero-order valence-electron chi connectivity index (χ0n) is 13.1. The van der Waals surface area contributed by atoms with E-state index in [0.717, 1.165) is 11.1 Å². The van der Waals surface area contributed by atoms with Gasteiger partial charge in [0, 0.05) is 13.2 Å². The molecule has 124 valence electrons. The van der Waals surface area contributed by atoms with Crippen LogP contribution >= 0.6 is 0 Å². The zero-order chi connectivity index (χ0) is 17.6. The average molecular weight is 326 g/mol. The molecule has 0 aliphatic rings. The van der Waals surface area contributed by atoms with Gasteiger partial charge in [-0.3, -0.25) is 0 Å². The van der Waals surface area contributed by atoms with E-state index >= 15 is 0 Å². The first-order valence-electron chi connectivity index (χ1n) is 7.29. The number of nitrogens with zero attached hydrogens (tertiary/aromatic N) is 2. The summed E-state index contributed by atoms with van der Waals surface area (Å²) < 4.78 is 0. The first-order chi connectivity index (χ1) is 11.7. The molecule has 24 heavy (non-hydrogen) atoms. The average Bonchev–Trinajstić information content (AvgIpc) is 2.60. The summed E-state index contributed by atoms with van der Waals surface area (Å²) in [5.74, 6) is 0. The fourth-order valence-electron chi connectivity index (χ4n) is 1.85. The molecule has 0 radical (unpaired) electrons. The van der Waals surface area contributed by atoms with E-state index in [4.69, 9.17) is 10.2 Å². The lowest BCUT2D eigenvalue weighted by Gasteiger charge is -2.04. The molecule has 2 N–H and O–H groups in total. The van der Waals surface area contributed by atoms with Gasteiger partial charge in [-0.2, -0.15) is 9.98 Å². The second-order valence-corrected chi connectivity index (χ2v) is 4.68. The molecule has 0 fully saturated rings. The largest absolute Gasteiger partial charge is 0.396 e. The van der Waals surface area contributed by atoms with E-state index in [1.54, 1.807) is 24.3 Å². The van der Waals surface area contributed by atoms with E-state index in [0.29, 0.717) is 24.2 Å². The lowest BCUT2D eigenvalue weighted by atomic mass is 10.0. The molecule has 0 heterocycles. The third-order valence-corrected chi connectivity index (χ3v) is 2.98. The summed E-state index contributed by atoms with van der Waals surface area (Å²) in [6, 6.07) is 14.6. The Morgan fingerprint density at radius 1 is 0.833 bits per heavy atom. The standard InChI is InChI=1S/C15H10N2O2.C3H8O2/c18-10-16-14-7-5-12(6-8-14)9-13-3-1-2-4-15(13)17-11-19;4-2-1-3-5/h1-8H,9H2;4-5H,1-3H2. The van der Waals surface area contributed by atoms with Crippen LogP contribution in [0.15, 0.2) is 58.5 Å². The normalized spacial score (nSPS) is 9.08. The summed E-state index contributed by atoms with van der Waals surface area (Å²) in [5, 5.41) is 15.8. The highest BCUT2D eigenvalue weighted by Crippen LogP contribution is 2.22. The summed E-state index contributed by atoms with van der Waals surface area (Å²) in [7, 11) is 0. The van der Waals surface area contributed by atoms with E-state index in [9.17, 15) is 9.59 Å². The maximum atomic E-state index is 10.4. The van der Waals surface area contributed by atoms with Crippen LogP contribution in [0.2, 0.25) is 0 Å². The molecule has 0 aliphatic carbocycles. The molecule has 0 atom stereocenters. The van der Waals surface area contributed by atoms with Gasteiger partial charge < -0.3 is 10.2 Å². The van der Waals surface area contributed by atoms with Crippen LogP contribution in [0.3, 0.4) is 0 Å². The monoisotopic (exact) mass is 326 g/mol. The van der Waals surface area contributed by atoms with Gasteiger partial charge in [0.05, 0.1) is 11.4 Å². The first-order valence-corrected chi connectivity index (χ1v) is 7.29. The first kappa shape index (κ1) is 19.2. The van der Waals surface area contributed by atoms with Crippen molar-refractivity contribution in [1.82, 2.24) is 0 Å². The van der Waals surface area contributed by atoms with Crippen molar-refractivity contribution in [1.29, 1.82) is 0 Å². The minimum absolute atomic E-state index is 0.0938. The van der Waals surface area contributed by atoms with Gasteiger partial charge in [0.25, 0.3) is 0 Å². The number of hydrogen-bond acceptors (Lipinski definition) is 6. The quantitative estimate of drug-likeness (QED) is 0.629. The molecular formula is C18H18N2O4. The molecule has 6 nitrogen and oxygen atoms in total. The highest BCUT2D eigenvalue weighted by molar-refractivity contribution is 5.55. The predicted octanol–water partition coefficient (Wildman–Crippen LogP) is 2.57. The summed E-state index contributed by atoms with van der Waals surface area (Å²) in [4.78, 5) is 27.7. The predicted molar refractivity (Wildman–Crippen MR) is 90.0 cm³/mol. The Bertz CT molecular complexity index is 714. The number of rotatable bonds is 6. The maximum Gasteiger partial charge on any atom is 0.240 e. The Balaban J connectivity index is 0.000000505. The zero-order valence-corrected chi connectivity index (χ0v) is 13.1. The molecule has 0 aromatic heterocycles. The minimum Gasteiger partial charge on any atom is -0.396 e. The molecular weight excluding hydrogens is 308 g/mol. The Hall–Kier alpha value is -2.88. The number of isocyanates is 2. The van der Waals surface area contributed by atoms with Crippen molar-refractivity contribution in [3.8, 4) is 0 Å². The fourth-order valence-corrected chi connectivity index (χ4v) is 1.85. The Labute approximate surface area is 139 Å².